The van der Waals surface area contributed by atoms with E-state index < -0.39 is 11.7 Å². The number of carbonyl (C=O) groups excluding carboxylic acids is 1. The van der Waals surface area contributed by atoms with Crippen LogP contribution in [0, 0.1) is 0 Å². The lowest BCUT2D eigenvalue weighted by molar-refractivity contribution is -0.137. The Morgan fingerprint density at radius 1 is 1.07 bits per heavy atom. The first kappa shape index (κ1) is 18.9. The third-order valence-corrected chi connectivity index (χ3v) is 4.57. The molecule has 2 aromatic carbocycles. The Labute approximate surface area is 157 Å². The number of carbonyl (C=O) groups is 1. The molecule has 0 saturated heterocycles. The van der Waals surface area contributed by atoms with Gasteiger partial charge < -0.3 is 5.32 Å². The summed E-state index contributed by atoms with van der Waals surface area (Å²) >= 11 is 1.49. The van der Waals surface area contributed by atoms with Crippen molar-refractivity contribution in [3.8, 4) is 0 Å². The molecule has 27 heavy (non-hydrogen) atoms. The van der Waals surface area contributed by atoms with Crippen LogP contribution >= 0.6 is 11.8 Å². The standard InChI is InChI=1S/C19H14F3N3OS/c20-19(21,22)15-4-6-16(7-5-15)25-18(26)14-3-1-2-13(10-14)12-27-17-11-23-8-9-24-17/h1-11H,12H2,(H,25,26). The predicted molar refractivity (Wildman–Crippen MR) is 97.4 cm³/mol. The first-order valence-electron chi connectivity index (χ1n) is 7.88. The van der Waals surface area contributed by atoms with Crippen LogP contribution in [0.25, 0.3) is 0 Å². The summed E-state index contributed by atoms with van der Waals surface area (Å²) in [6, 6.07) is 11.4. The molecular formula is C19H14F3N3OS. The number of benzene rings is 2. The highest BCUT2D eigenvalue weighted by atomic mass is 32.2. The summed E-state index contributed by atoms with van der Waals surface area (Å²) in [6.07, 6.45) is 0.454. The van der Waals surface area contributed by atoms with Crippen LogP contribution in [-0.2, 0) is 11.9 Å². The van der Waals surface area contributed by atoms with Gasteiger partial charge in [-0.2, -0.15) is 13.2 Å². The van der Waals surface area contributed by atoms with E-state index in [2.05, 4.69) is 15.3 Å². The maximum atomic E-state index is 12.6. The molecule has 4 nitrogen and oxygen atoms in total. The second kappa shape index (κ2) is 8.22. The summed E-state index contributed by atoms with van der Waals surface area (Å²) < 4.78 is 37.8. The van der Waals surface area contributed by atoms with Crippen molar-refractivity contribution in [3.05, 3.63) is 83.8 Å². The number of thioether (sulfide) groups is 1. The number of halogens is 3. The van der Waals surface area contributed by atoms with Crippen LogP contribution in [0.5, 0.6) is 0 Å². The number of alkyl halides is 3. The Bertz CT molecular complexity index is 915. The van der Waals surface area contributed by atoms with Crippen molar-refractivity contribution >= 4 is 23.4 Å². The van der Waals surface area contributed by atoms with Gasteiger partial charge in [0, 0.05) is 29.4 Å². The normalized spacial score (nSPS) is 11.2. The maximum absolute atomic E-state index is 12.6. The minimum atomic E-state index is -4.41. The number of nitrogens with one attached hydrogen (secondary N) is 1. The van der Waals surface area contributed by atoms with Gasteiger partial charge in [0.25, 0.3) is 5.91 Å². The molecule has 1 N–H and O–H groups in total. The number of nitrogens with zero attached hydrogens (tertiary/aromatic N) is 2. The maximum Gasteiger partial charge on any atom is 0.416 e. The van der Waals surface area contributed by atoms with E-state index in [9.17, 15) is 18.0 Å². The lowest BCUT2D eigenvalue weighted by atomic mass is 10.1. The van der Waals surface area contributed by atoms with Gasteiger partial charge in [-0.3, -0.25) is 9.78 Å². The molecule has 0 atom stereocenters. The molecule has 0 spiro atoms. The molecule has 1 amide bonds. The molecule has 1 heterocycles. The molecule has 0 aliphatic carbocycles. The fourth-order valence-corrected chi connectivity index (χ4v) is 3.03. The third-order valence-electron chi connectivity index (χ3n) is 3.59. The van der Waals surface area contributed by atoms with Crippen molar-refractivity contribution in [2.45, 2.75) is 17.0 Å². The van der Waals surface area contributed by atoms with Crippen LogP contribution in [0.4, 0.5) is 18.9 Å². The largest absolute Gasteiger partial charge is 0.416 e. The molecule has 0 radical (unpaired) electrons. The van der Waals surface area contributed by atoms with Crippen LogP contribution < -0.4 is 5.32 Å². The molecule has 3 rings (SSSR count). The van der Waals surface area contributed by atoms with E-state index in [0.717, 1.165) is 22.7 Å². The average molecular weight is 389 g/mol. The molecule has 0 bridgehead atoms. The molecule has 138 valence electrons. The highest BCUT2D eigenvalue weighted by molar-refractivity contribution is 7.98. The second-order valence-corrected chi connectivity index (χ2v) is 6.56. The van der Waals surface area contributed by atoms with Crippen LogP contribution in [0.15, 0.2) is 72.1 Å². The Kier molecular flexibility index (Phi) is 5.75. The van der Waals surface area contributed by atoms with E-state index in [4.69, 9.17) is 0 Å². The fourth-order valence-electron chi connectivity index (χ4n) is 2.27. The molecule has 0 fully saturated rings. The van der Waals surface area contributed by atoms with Crippen LogP contribution in [-0.4, -0.2) is 15.9 Å². The summed E-state index contributed by atoms with van der Waals surface area (Å²) in [5, 5.41) is 3.38. The van der Waals surface area contributed by atoms with E-state index >= 15 is 0 Å². The lowest BCUT2D eigenvalue weighted by Crippen LogP contribution is -2.12. The van der Waals surface area contributed by atoms with E-state index in [1.54, 1.807) is 36.8 Å². The first-order chi connectivity index (χ1) is 12.9. The van der Waals surface area contributed by atoms with E-state index in [-0.39, 0.29) is 5.91 Å². The van der Waals surface area contributed by atoms with Crippen LogP contribution in [0.3, 0.4) is 0 Å². The predicted octanol–water partition coefficient (Wildman–Crippen LogP) is 5.04. The van der Waals surface area contributed by atoms with Crippen molar-refractivity contribution < 1.29 is 18.0 Å². The summed E-state index contributed by atoms with van der Waals surface area (Å²) in [6.45, 7) is 0. The molecule has 0 unspecified atom stereocenters. The summed E-state index contributed by atoms with van der Waals surface area (Å²) in [4.78, 5) is 20.5. The monoisotopic (exact) mass is 389 g/mol. The van der Waals surface area contributed by atoms with Gasteiger partial charge in [-0.15, -0.1) is 11.8 Å². The van der Waals surface area contributed by atoms with Crippen molar-refractivity contribution in [1.29, 1.82) is 0 Å². The van der Waals surface area contributed by atoms with Crippen molar-refractivity contribution in [2.24, 2.45) is 0 Å². The summed E-state index contributed by atoms with van der Waals surface area (Å²) in [5.41, 5.74) is 0.883. The van der Waals surface area contributed by atoms with Crippen LogP contribution in [0.2, 0.25) is 0 Å². The zero-order valence-corrected chi connectivity index (χ0v) is 14.7. The smallest absolute Gasteiger partial charge is 0.322 e. The van der Waals surface area contributed by atoms with E-state index in [1.807, 2.05) is 6.07 Å². The average Bonchev–Trinajstić information content (AvgIpc) is 2.67. The number of anilines is 1. The first-order valence-corrected chi connectivity index (χ1v) is 8.87. The Morgan fingerprint density at radius 2 is 1.85 bits per heavy atom. The molecule has 0 aliphatic heterocycles. The van der Waals surface area contributed by atoms with Gasteiger partial charge >= 0.3 is 6.18 Å². The van der Waals surface area contributed by atoms with Gasteiger partial charge in [-0.05, 0) is 42.0 Å². The molecule has 8 heteroatoms. The zero-order chi connectivity index (χ0) is 19.3. The SMILES string of the molecule is O=C(Nc1ccc(C(F)(F)F)cc1)c1cccc(CSc2cnccn2)c1. The number of hydrogen-bond donors (Lipinski definition) is 1. The van der Waals surface area contributed by atoms with Crippen molar-refractivity contribution in [1.82, 2.24) is 9.97 Å². The molecule has 0 aliphatic rings. The third kappa shape index (κ3) is 5.30. The number of hydrogen-bond acceptors (Lipinski definition) is 4. The van der Waals surface area contributed by atoms with Gasteiger partial charge in [0.2, 0.25) is 0 Å². The molecule has 3 aromatic rings. The quantitative estimate of drug-likeness (QED) is 0.621. The van der Waals surface area contributed by atoms with Gasteiger partial charge in [0.05, 0.1) is 11.8 Å². The fraction of sp³-hybridized carbons (Fsp3) is 0.105. The molecule has 1 aromatic heterocycles. The van der Waals surface area contributed by atoms with Crippen molar-refractivity contribution in [3.63, 3.8) is 0 Å². The topological polar surface area (TPSA) is 54.9 Å². The lowest BCUT2D eigenvalue weighted by Gasteiger charge is -2.09. The number of aromatic nitrogens is 2. The highest BCUT2D eigenvalue weighted by Gasteiger charge is 2.29. The number of rotatable bonds is 5. The van der Waals surface area contributed by atoms with E-state index in [0.29, 0.717) is 17.0 Å². The summed E-state index contributed by atoms with van der Waals surface area (Å²) in [7, 11) is 0. The Balaban J connectivity index is 1.64. The summed E-state index contributed by atoms with van der Waals surface area (Å²) in [5.74, 6) is 0.223. The van der Waals surface area contributed by atoms with Crippen molar-refractivity contribution in [2.75, 3.05) is 5.32 Å². The Morgan fingerprint density at radius 3 is 2.52 bits per heavy atom. The number of amides is 1. The van der Waals surface area contributed by atoms with Gasteiger partial charge in [0.15, 0.2) is 0 Å². The van der Waals surface area contributed by atoms with Gasteiger partial charge in [-0.25, -0.2) is 4.98 Å². The minimum absolute atomic E-state index is 0.298. The molecule has 0 saturated carbocycles. The van der Waals surface area contributed by atoms with Gasteiger partial charge in [0.1, 0.15) is 5.03 Å². The molecular weight excluding hydrogens is 375 g/mol. The zero-order valence-electron chi connectivity index (χ0n) is 13.9. The Hall–Kier alpha value is -2.87. The van der Waals surface area contributed by atoms with Crippen LogP contribution in [0.1, 0.15) is 21.5 Å². The minimum Gasteiger partial charge on any atom is -0.322 e. The highest BCUT2D eigenvalue weighted by Crippen LogP contribution is 2.30. The van der Waals surface area contributed by atoms with Gasteiger partial charge in [-0.1, -0.05) is 12.1 Å². The second-order valence-electron chi connectivity index (χ2n) is 5.56. The van der Waals surface area contributed by atoms with E-state index in [1.165, 1.54) is 23.9 Å².